The molecule has 4 nitrogen and oxygen atoms in total. The van der Waals surface area contributed by atoms with Gasteiger partial charge in [-0.25, -0.2) is 0 Å². The molecule has 3 rings (SSSR count). The highest BCUT2D eigenvalue weighted by Crippen LogP contribution is 2.31. The van der Waals surface area contributed by atoms with Crippen LogP contribution in [0.4, 0.5) is 0 Å². The predicted molar refractivity (Wildman–Crippen MR) is 66.4 cm³/mol. The Bertz CT molecular complexity index is 509. The monoisotopic (exact) mass is 264 g/mol. The Kier molecular flexibility index (Phi) is 3.30. The highest BCUT2D eigenvalue weighted by atomic mass is 35.5. The summed E-state index contributed by atoms with van der Waals surface area (Å²) in [5.41, 5.74) is 0.946. The van der Waals surface area contributed by atoms with E-state index in [4.69, 9.17) is 20.9 Å². The number of halogens is 1. The molecule has 18 heavy (non-hydrogen) atoms. The van der Waals surface area contributed by atoms with Gasteiger partial charge in [0.1, 0.15) is 11.5 Å². The number of nitrogens with zero attached hydrogens (tertiary/aromatic N) is 2. The molecule has 5 heteroatoms. The van der Waals surface area contributed by atoms with Crippen LogP contribution in [0.1, 0.15) is 41.6 Å². The molecule has 1 aliphatic heterocycles. The summed E-state index contributed by atoms with van der Waals surface area (Å²) in [6.07, 6.45) is 1.94. The molecule has 1 aromatic carbocycles. The van der Waals surface area contributed by atoms with Crippen molar-refractivity contribution in [2.45, 2.75) is 24.3 Å². The van der Waals surface area contributed by atoms with Gasteiger partial charge in [-0.15, -0.1) is 11.6 Å². The molecular weight excluding hydrogens is 252 g/mol. The SMILES string of the molecule is ClC(c1ccccc1)c1nc(C2CCCO2)no1. The molecule has 0 saturated carbocycles. The van der Waals surface area contributed by atoms with Gasteiger partial charge in [-0.05, 0) is 18.4 Å². The zero-order chi connectivity index (χ0) is 12.4. The first kappa shape index (κ1) is 11.7. The quantitative estimate of drug-likeness (QED) is 0.799. The Labute approximate surface area is 110 Å². The van der Waals surface area contributed by atoms with Crippen molar-refractivity contribution in [3.63, 3.8) is 0 Å². The maximum Gasteiger partial charge on any atom is 0.249 e. The van der Waals surface area contributed by atoms with E-state index >= 15 is 0 Å². The van der Waals surface area contributed by atoms with Crippen LogP contribution in [0.15, 0.2) is 34.9 Å². The molecule has 0 amide bonds. The van der Waals surface area contributed by atoms with Crippen LogP contribution in [-0.2, 0) is 4.74 Å². The van der Waals surface area contributed by atoms with Gasteiger partial charge < -0.3 is 9.26 Å². The minimum Gasteiger partial charge on any atom is -0.370 e. The summed E-state index contributed by atoms with van der Waals surface area (Å²) in [4.78, 5) is 4.33. The lowest BCUT2D eigenvalue weighted by Crippen LogP contribution is -1.99. The van der Waals surface area contributed by atoms with Crippen LogP contribution >= 0.6 is 11.6 Å². The summed E-state index contributed by atoms with van der Waals surface area (Å²) >= 11 is 6.31. The fourth-order valence-electron chi connectivity index (χ4n) is 2.03. The molecule has 2 aromatic rings. The molecule has 94 valence electrons. The maximum absolute atomic E-state index is 6.31. The lowest BCUT2D eigenvalue weighted by molar-refractivity contribution is 0.103. The summed E-state index contributed by atoms with van der Waals surface area (Å²) < 4.78 is 10.7. The lowest BCUT2D eigenvalue weighted by Gasteiger charge is -2.04. The zero-order valence-electron chi connectivity index (χ0n) is 9.75. The van der Waals surface area contributed by atoms with Crippen LogP contribution in [0.25, 0.3) is 0 Å². The van der Waals surface area contributed by atoms with Crippen molar-refractivity contribution in [3.05, 3.63) is 47.6 Å². The zero-order valence-corrected chi connectivity index (χ0v) is 10.5. The first-order valence-electron chi connectivity index (χ1n) is 5.99. The molecular formula is C13H13ClN2O2. The number of aromatic nitrogens is 2. The summed E-state index contributed by atoms with van der Waals surface area (Å²) in [6.45, 7) is 0.761. The van der Waals surface area contributed by atoms with E-state index in [2.05, 4.69) is 10.1 Å². The Morgan fingerprint density at radius 2 is 2.11 bits per heavy atom. The van der Waals surface area contributed by atoms with Gasteiger partial charge in [-0.3, -0.25) is 0 Å². The number of ether oxygens (including phenoxy) is 1. The van der Waals surface area contributed by atoms with Gasteiger partial charge >= 0.3 is 0 Å². The Hall–Kier alpha value is -1.39. The van der Waals surface area contributed by atoms with Gasteiger partial charge in [-0.1, -0.05) is 35.5 Å². The molecule has 1 aromatic heterocycles. The van der Waals surface area contributed by atoms with Crippen molar-refractivity contribution in [1.29, 1.82) is 0 Å². The highest BCUT2D eigenvalue weighted by molar-refractivity contribution is 6.22. The van der Waals surface area contributed by atoms with E-state index in [0.29, 0.717) is 11.7 Å². The second kappa shape index (κ2) is 5.08. The highest BCUT2D eigenvalue weighted by Gasteiger charge is 2.25. The summed E-state index contributed by atoms with van der Waals surface area (Å²) in [6, 6.07) is 9.68. The summed E-state index contributed by atoms with van der Waals surface area (Å²) in [5, 5.41) is 3.54. The second-order valence-electron chi connectivity index (χ2n) is 4.27. The number of hydrogen-bond acceptors (Lipinski definition) is 4. The van der Waals surface area contributed by atoms with E-state index < -0.39 is 5.38 Å². The average molecular weight is 265 g/mol. The van der Waals surface area contributed by atoms with Gasteiger partial charge in [-0.2, -0.15) is 4.98 Å². The molecule has 2 unspecified atom stereocenters. The number of alkyl halides is 1. The summed E-state index contributed by atoms with van der Waals surface area (Å²) in [5.74, 6) is 1.03. The van der Waals surface area contributed by atoms with Gasteiger partial charge in [0.2, 0.25) is 11.7 Å². The van der Waals surface area contributed by atoms with E-state index in [1.807, 2.05) is 30.3 Å². The smallest absolute Gasteiger partial charge is 0.249 e. The van der Waals surface area contributed by atoms with Crippen LogP contribution in [0.3, 0.4) is 0 Å². The normalized spacial score (nSPS) is 21.1. The van der Waals surface area contributed by atoms with E-state index in [1.54, 1.807) is 0 Å². The summed E-state index contributed by atoms with van der Waals surface area (Å²) in [7, 11) is 0. The number of benzene rings is 1. The van der Waals surface area contributed by atoms with Gasteiger partial charge in [0, 0.05) is 6.61 Å². The Balaban J connectivity index is 1.80. The lowest BCUT2D eigenvalue weighted by atomic mass is 10.1. The Morgan fingerprint density at radius 3 is 2.83 bits per heavy atom. The average Bonchev–Trinajstić information content (AvgIpc) is 3.09. The van der Waals surface area contributed by atoms with Crippen molar-refractivity contribution in [1.82, 2.24) is 10.1 Å². The van der Waals surface area contributed by atoms with Crippen molar-refractivity contribution >= 4 is 11.6 Å². The third-order valence-electron chi connectivity index (χ3n) is 2.98. The van der Waals surface area contributed by atoms with Crippen molar-refractivity contribution in [3.8, 4) is 0 Å². The van der Waals surface area contributed by atoms with E-state index in [-0.39, 0.29) is 6.10 Å². The van der Waals surface area contributed by atoms with Crippen molar-refractivity contribution in [2.75, 3.05) is 6.61 Å². The topological polar surface area (TPSA) is 48.2 Å². The van der Waals surface area contributed by atoms with Gasteiger partial charge in [0.25, 0.3) is 0 Å². The molecule has 0 aliphatic carbocycles. The second-order valence-corrected chi connectivity index (χ2v) is 4.70. The van der Waals surface area contributed by atoms with E-state index in [0.717, 1.165) is 25.0 Å². The minimum atomic E-state index is -0.408. The third kappa shape index (κ3) is 2.26. The number of rotatable bonds is 3. The molecule has 1 fully saturated rings. The largest absolute Gasteiger partial charge is 0.370 e. The molecule has 2 atom stereocenters. The standard InChI is InChI=1S/C13H13ClN2O2/c14-11(9-5-2-1-3-6-9)13-15-12(16-18-13)10-7-4-8-17-10/h1-3,5-6,10-11H,4,7-8H2. The first-order valence-corrected chi connectivity index (χ1v) is 6.42. The van der Waals surface area contributed by atoms with Crippen LogP contribution in [0.2, 0.25) is 0 Å². The number of hydrogen-bond donors (Lipinski definition) is 0. The van der Waals surface area contributed by atoms with Crippen LogP contribution in [0, 0.1) is 0 Å². The van der Waals surface area contributed by atoms with Crippen molar-refractivity contribution in [2.24, 2.45) is 0 Å². The van der Waals surface area contributed by atoms with Crippen LogP contribution < -0.4 is 0 Å². The predicted octanol–water partition coefficient (Wildman–Crippen LogP) is 3.25. The van der Waals surface area contributed by atoms with Gasteiger partial charge in [0.05, 0.1) is 0 Å². The first-order chi connectivity index (χ1) is 8.84. The van der Waals surface area contributed by atoms with E-state index in [1.165, 1.54) is 0 Å². The molecule has 0 spiro atoms. The fourth-order valence-corrected chi connectivity index (χ4v) is 2.26. The molecule has 1 aliphatic rings. The maximum atomic E-state index is 6.31. The third-order valence-corrected chi connectivity index (χ3v) is 3.42. The Morgan fingerprint density at radius 1 is 1.28 bits per heavy atom. The van der Waals surface area contributed by atoms with E-state index in [9.17, 15) is 0 Å². The van der Waals surface area contributed by atoms with Gasteiger partial charge in [0.15, 0.2) is 0 Å². The molecule has 0 bridgehead atoms. The fraction of sp³-hybridized carbons (Fsp3) is 0.385. The molecule has 1 saturated heterocycles. The van der Waals surface area contributed by atoms with Crippen LogP contribution in [-0.4, -0.2) is 16.7 Å². The van der Waals surface area contributed by atoms with Crippen molar-refractivity contribution < 1.29 is 9.26 Å². The molecule has 0 radical (unpaired) electrons. The molecule has 2 heterocycles. The molecule has 0 N–H and O–H groups in total. The van der Waals surface area contributed by atoms with Crippen LogP contribution in [0.5, 0.6) is 0 Å². The minimum absolute atomic E-state index is 0.0397.